The van der Waals surface area contributed by atoms with Crippen LogP contribution >= 0.6 is 0 Å². The number of ketones is 1. The first-order chi connectivity index (χ1) is 14.0. The van der Waals surface area contributed by atoms with Crippen molar-refractivity contribution >= 4 is 26.6 Å². The van der Waals surface area contributed by atoms with Gasteiger partial charge in [-0.15, -0.1) is 0 Å². The maximum absolute atomic E-state index is 12.8. The topological polar surface area (TPSA) is 54.5 Å². The molecule has 5 heteroatoms. The zero-order valence-corrected chi connectivity index (χ0v) is 17.1. The molecule has 29 heavy (non-hydrogen) atoms. The predicted octanol–water partition coefficient (Wildman–Crippen LogP) is 4.31. The number of benzene rings is 3. The molecule has 1 heterocycles. The van der Waals surface area contributed by atoms with Gasteiger partial charge in [0.1, 0.15) is 5.75 Å². The largest absolute Gasteiger partial charge is 0.293 e. The van der Waals surface area contributed by atoms with Crippen LogP contribution in [0.1, 0.15) is 28.8 Å². The van der Waals surface area contributed by atoms with Crippen molar-refractivity contribution in [1.82, 2.24) is 4.31 Å². The van der Waals surface area contributed by atoms with Gasteiger partial charge in [0.05, 0.1) is 0 Å². The fourth-order valence-electron chi connectivity index (χ4n) is 4.04. The van der Waals surface area contributed by atoms with Crippen molar-refractivity contribution in [1.29, 1.82) is 0 Å². The van der Waals surface area contributed by atoms with Crippen LogP contribution in [-0.2, 0) is 16.4 Å². The van der Waals surface area contributed by atoms with E-state index in [0.29, 0.717) is 24.6 Å². The molecule has 4 nitrogen and oxygen atoms in total. The highest BCUT2D eigenvalue weighted by molar-refractivity contribution is 7.89. The third kappa shape index (κ3) is 4.74. The number of Topliss-reactive ketones (excluding diaryl/α,β-unsaturated/α-hetero) is 1. The molecule has 0 amide bonds. The summed E-state index contributed by atoms with van der Waals surface area (Å²) in [5, 5.41) is 1.98. The Hall–Kier alpha value is -2.50. The standard InChI is InChI=1S/C24H25NO3S/c26-24(23-11-10-21-8-4-5-9-22(21)17-23)18-29(27,28)25-14-12-20(13-15-25)16-19-6-2-1-3-7-19/h1-11,17,20H,12-16,18H2. The maximum atomic E-state index is 12.8. The van der Waals surface area contributed by atoms with Gasteiger partial charge in [0.15, 0.2) is 5.78 Å². The van der Waals surface area contributed by atoms with E-state index in [2.05, 4.69) is 12.1 Å². The minimum atomic E-state index is -3.60. The van der Waals surface area contributed by atoms with Crippen molar-refractivity contribution in [2.45, 2.75) is 19.3 Å². The molecule has 0 atom stereocenters. The summed E-state index contributed by atoms with van der Waals surface area (Å²) in [6.45, 7) is 0.982. The van der Waals surface area contributed by atoms with Crippen molar-refractivity contribution in [3.8, 4) is 0 Å². The van der Waals surface area contributed by atoms with Gasteiger partial charge in [-0.2, -0.15) is 0 Å². The second kappa shape index (κ2) is 8.47. The number of sulfonamides is 1. The number of fused-ring (bicyclic) bond motifs is 1. The van der Waals surface area contributed by atoms with Gasteiger partial charge >= 0.3 is 0 Å². The van der Waals surface area contributed by atoms with Gasteiger partial charge in [0.25, 0.3) is 0 Å². The van der Waals surface area contributed by atoms with E-state index in [1.54, 1.807) is 12.1 Å². The van der Waals surface area contributed by atoms with Crippen molar-refractivity contribution in [2.24, 2.45) is 5.92 Å². The van der Waals surface area contributed by atoms with E-state index in [0.717, 1.165) is 30.0 Å². The third-order valence-electron chi connectivity index (χ3n) is 5.72. The summed E-state index contributed by atoms with van der Waals surface area (Å²) in [5.41, 5.74) is 1.74. The average Bonchev–Trinajstić information content (AvgIpc) is 2.74. The summed E-state index contributed by atoms with van der Waals surface area (Å²) in [7, 11) is -3.60. The second-order valence-corrected chi connectivity index (χ2v) is 9.74. The molecular formula is C24H25NO3S. The molecule has 3 aromatic rings. The monoisotopic (exact) mass is 407 g/mol. The van der Waals surface area contributed by atoms with Crippen LogP contribution in [0.5, 0.6) is 0 Å². The lowest BCUT2D eigenvalue weighted by Crippen LogP contribution is -2.41. The molecule has 0 aromatic heterocycles. The maximum Gasteiger partial charge on any atom is 0.221 e. The van der Waals surface area contributed by atoms with E-state index < -0.39 is 15.8 Å². The SMILES string of the molecule is O=C(CS(=O)(=O)N1CCC(Cc2ccccc2)CC1)c1ccc2ccccc2c1. The van der Waals surface area contributed by atoms with Crippen molar-refractivity contribution in [3.63, 3.8) is 0 Å². The van der Waals surface area contributed by atoms with Crippen LogP contribution < -0.4 is 0 Å². The number of piperidine rings is 1. The molecule has 0 unspecified atom stereocenters. The molecule has 1 fully saturated rings. The smallest absolute Gasteiger partial charge is 0.221 e. The van der Waals surface area contributed by atoms with Crippen LogP contribution in [0.4, 0.5) is 0 Å². The van der Waals surface area contributed by atoms with E-state index in [1.165, 1.54) is 9.87 Å². The first kappa shape index (κ1) is 19.8. The van der Waals surface area contributed by atoms with Gasteiger partial charge in [-0.3, -0.25) is 4.79 Å². The highest BCUT2D eigenvalue weighted by atomic mass is 32.2. The highest BCUT2D eigenvalue weighted by Gasteiger charge is 2.30. The van der Waals surface area contributed by atoms with Gasteiger partial charge in [-0.25, -0.2) is 12.7 Å². The number of carbonyl (C=O) groups excluding carboxylic acids is 1. The zero-order chi connectivity index (χ0) is 20.3. The Labute approximate surface area is 172 Å². The van der Waals surface area contributed by atoms with E-state index in [-0.39, 0.29) is 5.78 Å². The Morgan fingerprint density at radius 2 is 1.52 bits per heavy atom. The quantitative estimate of drug-likeness (QED) is 0.572. The Balaban J connectivity index is 1.37. The van der Waals surface area contributed by atoms with Gasteiger partial charge in [0.2, 0.25) is 10.0 Å². The number of hydrogen-bond acceptors (Lipinski definition) is 3. The normalized spacial score (nSPS) is 16.1. The van der Waals surface area contributed by atoms with Crippen molar-refractivity contribution in [2.75, 3.05) is 18.8 Å². The average molecular weight is 408 g/mol. The molecule has 1 saturated heterocycles. The van der Waals surface area contributed by atoms with Crippen LogP contribution in [-0.4, -0.2) is 37.3 Å². The molecule has 3 aromatic carbocycles. The summed E-state index contributed by atoms with van der Waals surface area (Å²) >= 11 is 0. The van der Waals surface area contributed by atoms with E-state index >= 15 is 0 Å². The zero-order valence-electron chi connectivity index (χ0n) is 16.3. The molecule has 0 bridgehead atoms. The minimum Gasteiger partial charge on any atom is -0.293 e. The van der Waals surface area contributed by atoms with Gasteiger partial charge in [-0.1, -0.05) is 66.7 Å². The summed E-state index contributed by atoms with van der Waals surface area (Å²) < 4.78 is 27.1. The first-order valence-electron chi connectivity index (χ1n) is 10.0. The van der Waals surface area contributed by atoms with Crippen molar-refractivity contribution < 1.29 is 13.2 Å². The highest BCUT2D eigenvalue weighted by Crippen LogP contribution is 2.24. The third-order valence-corrected chi connectivity index (χ3v) is 7.50. The Morgan fingerprint density at radius 1 is 0.862 bits per heavy atom. The van der Waals surface area contributed by atoms with Gasteiger partial charge < -0.3 is 0 Å². The lowest BCUT2D eigenvalue weighted by atomic mass is 9.91. The second-order valence-electron chi connectivity index (χ2n) is 7.77. The fraction of sp³-hybridized carbons (Fsp3) is 0.292. The van der Waals surface area contributed by atoms with Gasteiger partial charge in [-0.05, 0) is 47.6 Å². The van der Waals surface area contributed by atoms with Crippen LogP contribution in [0.2, 0.25) is 0 Å². The molecule has 1 aliphatic rings. The summed E-state index contributed by atoms with van der Waals surface area (Å²) in [6.07, 6.45) is 2.64. The fourth-order valence-corrected chi connectivity index (χ4v) is 5.49. The number of rotatable bonds is 6. The number of nitrogens with zero attached hydrogens (tertiary/aromatic N) is 1. The van der Waals surface area contributed by atoms with Crippen LogP contribution in [0.15, 0.2) is 72.8 Å². The number of carbonyl (C=O) groups is 1. The molecule has 0 saturated carbocycles. The molecule has 0 N–H and O–H groups in total. The molecular weight excluding hydrogens is 382 g/mol. The lowest BCUT2D eigenvalue weighted by molar-refractivity contribution is 0.101. The molecule has 0 aliphatic carbocycles. The van der Waals surface area contributed by atoms with Crippen LogP contribution in [0.25, 0.3) is 10.8 Å². The number of hydrogen-bond donors (Lipinski definition) is 0. The first-order valence-corrected chi connectivity index (χ1v) is 11.7. The summed E-state index contributed by atoms with van der Waals surface area (Å²) in [4.78, 5) is 12.6. The predicted molar refractivity (Wildman–Crippen MR) is 117 cm³/mol. The molecule has 4 rings (SSSR count). The van der Waals surface area contributed by atoms with Crippen molar-refractivity contribution in [3.05, 3.63) is 83.9 Å². The van der Waals surface area contributed by atoms with E-state index in [1.807, 2.05) is 48.5 Å². The van der Waals surface area contributed by atoms with Gasteiger partial charge in [0, 0.05) is 18.7 Å². The Morgan fingerprint density at radius 3 is 2.24 bits per heavy atom. The summed E-state index contributed by atoms with van der Waals surface area (Å²) in [5.74, 6) is -0.323. The Kier molecular flexibility index (Phi) is 5.79. The van der Waals surface area contributed by atoms with Crippen LogP contribution in [0.3, 0.4) is 0 Å². The lowest BCUT2D eigenvalue weighted by Gasteiger charge is -2.31. The van der Waals surface area contributed by atoms with E-state index in [9.17, 15) is 13.2 Å². The molecule has 150 valence electrons. The molecule has 0 spiro atoms. The molecule has 0 radical (unpaired) electrons. The minimum absolute atomic E-state index is 0.345. The van der Waals surface area contributed by atoms with E-state index in [4.69, 9.17) is 0 Å². The summed E-state index contributed by atoms with van der Waals surface area (Å²) in [6, 6.07) is 23.4. The van der Waals surface area contributed by atoms with Crippen LogP contribution in [0, 0.1) is 5.92 Å². The Bertz CT molecular complexity index is 1100. The molecule has 1 aliphatic heterocycles.